The first-order valence-electron chi connectivity index (χ1n) is 10.8. The van der Waals surface area contributed by atoms with Crippen LogP contribution in [0.25, 0.3) is 0 Å². The van der Waals surface area contributed by atoms with Gasteiger partial charge >= 0.3 is 11.8 Å². The number of hydrogen-bond acceptors (Lipinski definition) is 6. The number of ether oxygens (including phenoxy) is 2. The third-order valence-electron chi connectivity index (χ3n) is 4.84. The molecular formula is C26H26N4O5. The van der Waals surface area contributed by atoms with Gasteiger partial charge in [0.05, 0.1) is 19.4 Å². The van der Waals surface area contributed by atoms with E-state index in [1.807, 2.05) is 48.5 Å². The Morgan fingerprint density at radius 1 is 0.914 bits per heavy atom. The van der Waals surface area contributed by atoms with Crippen LogP contribution >= 0.6 is 0 Å². The maximum Gasteiger partial charge on any atom is 0.329 e. The topological polar surface area (TPSA) is 118 Å². The standard InChI is InChI=1S/C26H26N4O5/c1-18(20-9-5-3-6-10-20)28-25(32)26(33)30-27-16-19-13-14-22(23(15-19)34-2)35-17-24(31)29-21-11-7-4-8-12-21/h3-16,18H,17H2,1-2H3,(H,28,32)(H,29,31)(H,30,33)/b27-16-/t18-/m1/s1. The molecule has 0 aliphatic carbocycles. The van der Waals surface area contributed by atoms with Gasteiger partial charge in [0.15, 0.2) is 18.1 Å². The van der Waals surface area contributed by atoms with Crippen molar-refractivity contribution in [2.24, 2.45) is 5.10 Å². The molecule has 0 radical (unpaired) electrons. The molecule has 3 aromatic rings. The third kappa shape index (κ3) is 7.71. The van der Waals surface area contributed by atoms with Crippen LogP contribution in [-0.2, 0) is 14.4 Å². The van der Waals surface area contributed by atoms with Crippen molar-refractivity contribution >= 4 is 29.6 Å². The molecule has 3 N–H and O–H groups in total. The second-order valence-corrected chi connectivity index (χ2v) is 7.42. The van der Waals surface area contributed by atoms with Crippen LogP contribution in [-0.4, -0.2) is 37.7 Å². The predicted molar refractivity (Wildman–Crippen MR) is 132 cm³/mol. The second-order valence-electron chi connectivity index (χ2n) is 7.42. The highest BCUT2D eigenvalue weighted by molar-refractivity contribution is 6.35. The van der Waals surface area contributed by atoms with Gasteiger partial charge in [-0.25, -0.2) is 5.43 Å². The quantitative estimate of drug-likeness (QED) is 0.250. The molecule has 3 aromatic carbocycles. The van der Waals surface area contributed by atoms with E-state index in [-0.39, 0.29) is 18.6 Å². The zero-order valence-electron chi connectivity index (χ0n) is 19.4. The highest BCUT2D eigenvalue weighted by Crippen LogP contribution is 2.27. The van der Waals surface area contributed by atoms with Gasteiger partial charge in [0, 0.05) is 5.69 Å². The number of hydrogen-bond donors (Lipinski definition) is 3. The number of methoxy groups -OCH3 is 1. The largest absolute Gasteiger partial charge is 0.493 e. The Morgan fingerprint density at radius 2 is 1.60 bits per heavy atom. The lowest BCUT2D eigenvalue weighted by Crippen LogP contribution is -2.39. The molecule has 1 atom stereocenters. The molecule has 3 amide bonds. The summed E-state index contributed by atoms with van der Waals surface area (Å²) in [5.74, 6) is -1.26. The first kappa shape index (κ1) is 25.0. The lowest BCUT2D eigenvalue weighted by Gasteiger charge is -2.13. The maximum absolute atomic E-state index is 12.1. The van der Waals surface area contributed by atoms with E-state index >= 15 is 0 Å². The van der Waals surface area contributed by atoms with Gasteiger partial charge in [-0.15, -0.1) is 0 Å². The van der Waals surface area contributed by atoms with Crippen LogP contribution in [0.5, 0.6) is 11.5 Å². The minimum absolute atomic E-state index is 0.203. The summed E-state index contributed by atoms with van der Waals surface area (Å²) in [7, 11) is 1.47. The number of amides is 3. The fourth-order valence-electron chi connectivity index (χ4n) is 3.05. The Morgan fingerprint density at radius 3 is 2.29 bits per heavy atom. The average Bonchev–Trinajstić information content (AvgIpc) is 2.88. The fraction of sp³-hybridized carbons (Fsp3) is 0.154. The molecule has 0 saturated carbocycles. The molecule has 3 rings (SSSR count). The van der Waals surface area contributed by atoms with Gasteiger partial charge in [0.1, 0.15) is 0 Å². The van der Waals surface area contributed by atoms with E-state index < -0.39 is 11.8 Å². The zero-order chi connectivity index (χ0) is 25.0. The van der Waals surface area contributed by atoms with Gasteiger partial charge in [-0.1, -0.05) is 48.5 Å². The number of nitrogens with zero attached hydrogens (tertiary/aromatic N) is 1. The molecule has 180 valence electrons. The highest BCUT2D eigenvalue weighted by atomic mass is 16.5. The number of para-hydroxylation sites is 1. The lowest BCUT2D eigenvalue weighted by molar-refractivity contribution is -0.139. The summed E-state index contributed by atoms with van der Waals surface area (Å²) in [6.07, 6.45) is 1.36. The highest BCUT2D eigenvalue weighted by Gasteiger charge is 2.16. The van der Waals surface area contributed by atoms with Crippen molar-refractivity contribution in [2.45, 2.75) is 13.0 Å². The second kappa shape index (κ2) is 12.5. The minimum atomic E-state index is -0.889. The number of carbonyl (C=O) groups is 3. The van der Waals surface area contributed by atoms with Gasteiger partial charge in [-0.3, -0.25) is 14.4 Å². The van der Waals surface area contributed by atoms with Crippen molar-refractivity contribution in [3.05, 3.63) is 90.0 Å². The van der Waals surface area contributed by atoms with Crippen LogP contribution in [0.3, 0.4) is 0 Å². The van der Waals surface area contributed by atoms with Crippen LogP contribution in [0, 0.1) is 0 Å². The van der Waals surface area contributed by atoms with Crippen molar-refractivity contribution in [1.29, 1.82) is 0 Å². The molecule has 35 heavy (non-hydrogen) atoms. The molecule has 0 spiro atoms. The van der Waals surface area contributed by atoms with Crippen LogP contribution in [0.2, 0.25) is 0 Å². The SMILES string of the molecule is COc1cc(/C=N\NC(=O)C(=O)N[C@H](C)c2ccccc2)ccc1OCC(=O)Nc1ccccc1. The van der Waals surface area contributed by atoms with Gasteiger partial charge < -0.3 is 20.1 Å². The minimum Gasteiger partial charge on any atom is -0.493 e. The Balaban J connectivity index is 1.50. The summed E-state index contributed by atoms with van der Waals surface area (Å²) in [6.45, 7) is 1.58. The number of nitrogens with one attached hydrogen (secondary N) is 3. The van der Waals surface area contributed by atoms with Crippen molar-refractivity contribution in [2.75, 3.05) is 19.0 Å². The summed E-state index contributed by atoms with van der Waals surface area (Å²) in [5, 5.41) is 9.17. The van der Waals surface area contributed by atoms with Crippen molar-refractivity contribution in [3.63, 3.8) is 0 Å². The van der Waals surface area contributed by atoms with Crippen molar-refractivity contribution in [1.82, 2.24) is 10.7 Å². The van der Waals surface area contributed by atoms with Crippen LogP contribution < -0.4 is 25.5 Å². The predicted octanol–water partition coefficient (Wildman–Crippen LogP) is 3.04. The molecule has 0 aliphatic heterocycles. The van der Waals surface area contributed by atoms with Gasteiger partial charge in [-0.05, 0) is 48.4 Å². The Bertz CT molecular complexity index is 1180. The van der Waals surface area contributed by atoms with Crippen LogP contribution in [0.4, 0.5) is 5.69 Å². The maximum atomic E-state index is 12.1. The van der Waals surface area contributed by atoms with E-state index in [1.54, 1.807) is 37.3 Å². The molecule has 9 nitrogen and oxygen atoms in total. The van der Waals surface area contributed by atoms with E-state index in [0.29, 0.717) is 22.7 Å². The van der Waals surface area contributed by atoms with E-state index in [9.17, 15) is 14.4 Å². The fourth-order valence-corrected chi connectivity index (χ4v) is 3.05. The van der Waals surface area contributed by atoms with Crippen molar-refractivity contribution < 1.29 is 23.9 Å². The molecule has 0 fully saturated rings. The first-order valence-corrected chi connectivity index (χ1v) is 10.8. The van der Waals surface area contributed by atoms with Crippen molar-refractivity contribution in [3.8, 4) is 11.5 Å². The normalized spacial score (nSPS) is 11.4. The Kier molecular flexibility index (Phi) is 8.95. The smallest absolute Gasteiger partial charge is 0.329 e. The van der Waals surface area contributed by atoms with Gasteiger partial charge in [0.25, 0.3) is 5.91 Å². The summed E-state index contributed by atoms with van der Waals surface area (Å²) in [4.78, 5) is 36.2. The zero-order valence-corrected chi connectivity index (χ0v) is 19.4. The van der Waals surface area contributed by atoms with Gasteiger partial charge in [0.2, 0.25) is 0 Å². The summed E-state index contributed by atoms with van der Waals surface area (Å²) in [5.41, 5.74) is 4.33. The van der Waals surface area contributed by atoms with Crippen LogP contribution in [0.1, 0.15) is 24.1 Å². The van der Waals surface area contributed by atoms with E-state index in [2.05, 4.69) is 21.2 Å². The number of anilines is 1. The molecule has 0 aromatic heterocycles. The van der Waals surface area contributed by atoms with Crippen LogP contribution in [0.15, 0.2) is 84.0 Å². The lowest BCUT2D eigenvalue weighted by atomic mass is 10.1. The summed E-state index contributed by atoms with van der Waals surface area (Å²) in [6, 6.07) is 22.9. The molecule has 0 saturated heterocycles. The average molecular weight is 475 g/mol. The summed E-state index contributed by atoms with van der Waals surface area (Å²) >= 11 is 0. The molecular weight excluding hydrogens is 448 g/mol. The molecule has 0 heterocycles. The number of carbonyl (C=O) groups excluding carboxylic acids is 3. The van der Waals surface area contributed by atoms with E-state index in [1.165, 1.54) is 13.3 Å². The van der Waals surface area contributed by atoms with Gasteiger partial charge in [-0.2, -0.15) is 5.10 Å². The Labute approximate surface area is 203 Å². The first-order chi connectivity index (χ1) is 17.0. The molecule has 0 bridgehead atoms. The monoisotopic (exact) mass is 474 g/mol. The Hall–Kier alpha value is -4.66. The molecule has 0 aliphatic rings. The number of rotatable bonds is 9. The number of benzene rings is 3. The van der Waals surface area contributed by atoms with E-state index in [0.717, 1.165) is 5.56 Å². The number of hydrazone groups is 1. The molecule has 0 unspecified atom stereocenters. The van der Waals surface area contributed by atoms with E-state index in [4.69, 9.17) is 9.47 Å². The third-order valence-corrected chi connectivity index (χ3v) is 4.84. The molecule has 9 heteroatoms. The summed E-state index contributed by atoms with van der Waals surface area (Å²) < 4.78 is 10.9.